The maximum Gasteiger partial charge on any atom is 0.322 e. The maximum atomic E-state index is 10.7. The average Bonchev–Trinajstić information content (AvgIpc) is 2.23. The highest BCUT2D eigenvalue weighted by molar-refractivity contribution is 6.42. The summed E-state index contributed by atoms with van der Waals surface area (Å²) < 4.78 is 0. The molecule has 0 radical (unpaired) electrons. The van der Waals surface area contributed by atoms with Crippen LogP contribution in [0.3, 0.4) is 0 Å². The zero-order valence-electron chi connectivity index (χ0n) is 8.63. The Kier molecular flexibility index (Phi) is 4.86. The minimum Gasteiger partial charge on any atom is -0.480 e. The second-order valence-electron chi connectivity index (χ2n) is 3.19. The molecule has 0 saturated carbocycles. The standard InChI is InChI=1S/C10H12Cl2N2O2/c1-13-9(10(15)16)5-14-6-2-3-7(11)8(12)4-6/h2-4,9,13-14H,5H2,1H3,(H,15,16). The van der Waals surface area contributed by atoms with E-state index in [1.165, 1.54) is 0 Å². The Hall–Kier alpha value is -0.970. The van der Waals surface area contributed by atoms with E-state index in [0.717, 1.165) is 5.69 Å². The molecule has 0 bridgehead atoms. The summed E-state index contributed by atoms with van der Waals surface area (Å²) in [5, 5.41) is 15.3. The normalized spacial score (nSPS) is 12.2. The van der Waals surface area contributed by atoms with Gasteiger partial charge >= 0.3 is 5.97 Å². The van der Waals surface area contributed by atoms with Gasteiger partial charge in [-0.05, 0) is 25.2 Å². The number of likely N-dealkylation sites (N-methyl/N-ethyl adjacent to an activating group) is 1. The third-order valence-electron chi connectivity index (χ3n) is 2.08. The van der Waals surface area contributed by atoms with Gasteiger partial charge in [0.1, 0.15) is 6.04 Å². The molecule has 0 aromatic heterocycles. The van der Waals surface area contributed by atoms with Crippen LogP contribution in [0.25, 0.3) is 0 Å². The minimum absolute atomic E-state index is 0.268. The highest BCUT2D eigenvalue weighted by Gasteiger charge is 2.13. The van der Waals surface area contributed by atoms with Crippen molar-refractivity contribution in [3.05, 3.63) is 28.2 Å². The number of hydrogen-bond donors (Lipinski definition) is 3. The minimum atomic E-state index is -0.907. The Morgan fingerprint density at radius 2 is 2.12 bits per heavy atom. The van der Waals surface area contributed by atoms with Gasteiger partial charge in [-0.1, -0.05) is 23.2 Å². The van der Waals surface area contributed by atoms with E-state index < -0.39 is 12.0 Å². The predicted octanol–water partition coefficient (Wildman–Crippen LogP) is 2.08. The molecule has 0 aliphatic carbocycles. The Morgan fingerprint density at radius 3 is 2.62 bits per heavy atom. The van der Waals surface area contributed by atoms with Gasteiger partial charge in [0.05, 0.1) is 10.0 Å². The van der Waals surface area contributed by atoms with Crippen LogP contribution < -0.4 is 10.6 Å². The van der Waals surface area contributed by atoms with Crippen LogP contribution in [0.4, 0.5) is 5.69 Å². The van der Waals surface area contributed by atoms with Crippen molar-refractivity contribution in [1.82, 2.24) is 5.32 Å². The number of hydrogen-bond acceptors (Lipinski definition) is 3. The Balaban J connectivity index is 2.60. The van der Waals surface area contributed by atoms with E-state index in [1.54, 1.807) is 25.2 Å². The van der Waals surface area contributed by atoms with E-state index >= 15 is 0 Å². The second kappa shape index (κ2) is 5.94. The lowest BCUT2D eigenvalue weighted by Gasteiger charge is -2.13. The SMILES string of the molecule is CNC(CNc1ccc(Cl)c(Cl)c1)C(=O)O. The molecule has 0 amide bonds. The largest absolute Gasteiger partial charge is 0.480 e. The molecule has 4 nitrogen and oxygen atoms in total. The zero-order valence-corrected chi connectivity index (χ0v) is 10.1. The molecule has 1 unspecified atom stereocenters. The van der Waals surface area contributed by atoms with Crippen molar-refractivity contribution in [3.63, 3.8) is 0 Å². The molecule has 0 heterocycles. The smallest absolute Gasteiger partial charge is 0.322 e. The highest BCUT2D eigenvalue weighted by Crippen LogP contribution is 2.24. The van der Waals surface area contributed by atoms with Gasteiger partial charge in [0.25, 0.3) is 0 Å². The number of carboxylic acid groups (broad SMARTS) is 1. The first-order chi connectivity index (χ1) is 7.54. The van der Waals surface area contributed by atoms with Crippen LogP contribution in [0.1, 0.15) is 0 Å². The van der Waals surface area contributed by atoms with Gasteiger partial charge in [0.15, 0.2) is 0 Å². The fourth-order valence-corrected chi connectivity index (χ4v) is 1.44. The number of halogens is 2. The van der Waals surface area contributed by atoms with Gasteiger partial charge in [0.2, 0.25) is 0 Å². The number of carboxylic acids is 1. The summed E-state index contributed by atoms with van der Waals surface area (Å²) in [6, 6.07) is 4.40. The summed E-state index contributed by atoms with van der Waals surface area (Å²) in [6.45, 7) is 0.268. The summed E-state index contributed by atoms with van der Waals surface area (Å²) in [4.78, 5) is 10.7. The van der Waals surface area contributed by atoms with Crippen molar-refractivity contribution in [1.29, 1.82) is 0 Å². The van der Waals surface area contributed by atoms with Crippen LogP contribution in [0.5, 0.6) is 0 Å². The molecule has 0 saturated heterocycles. The van der Waals surface area contributed by atoms with E-state index in [0.29, 0.717) is 10.0 Å². The van der Waals surface area contributed by atoms with Crippen molar-refractivity contribution < 1.29 is 9.90 Å². The van der Waals surface area contributed by atoms with Gasteiger partial charge in [-0.3, -0.25) is 4.79 Å². The van der Waals surface area contributed by atoms with E-state index in [1.807, 2.05) is 0 Å². The third kappa shape index (κ3) is 3.56. The van der Waals surface area contributed by atoms with Crippen LogP contribution in [-0.4, -0.2) is 30.7 Å². The quantitative estimate of drug-likeness (QED) is 0.761. The molecule has 88 valence electrons. The number of rotatable bonds is 5. The summed E-state index contributed by atoms with van der Waals surface area (Å²) in [7, 11) is 1.59. The molecule has 3 N–H and O–H groups in total. The average molecular weight is 263 g/mol. The van der Waals surface area contributed by atoms with Crippen molar-refractivity contribution in [2.75, 3.05) is 18.9 Å². The first-order valence-electron chi connectivity index (χ1n) is 4.63. The Bertz CT molecular complexity index is 385. The van der Waals surface area contributed by atoms with Gasteiger partial charge in [-0.15, -0.1) is 0 Å². The number of aliphatic carboxylic acids is 1. The van der Waals surface area contributed by atoms with E-state index in [-0.39, 0.29) is 6.54 Å². The van der Waals surface area contributed by atoms with Crippen LogP contribution in [0.15, 0.2) is 18.2 Å². The van der Waals surface area contributed by atoms with Gasteiger partial charge in [-0.25, -0.2) is 0 Å². The molecule has 16 heavy (non-hydrogen) atoms. The van der Waals surface area contributed by atoms with Crippen LogP contribution in [0.2, 0.25) is 10.0 Å². The van der Waals surface area contributed by atoms with E-state index in [9.17, 15) is 4.79 Å². The highest BCUT2D eigenvalue weighted by atomic mass is 35.5. The summed E-state index contributed by atoms with van der Waals surface area (Å²) in [6.07, 6.45) is 0. The number of anilines is 1. The molecule has 1 aromatic rings. The molecule has 0 aliphatic heterocycles. The second-order valence-corrected chi connectivity index (χ2v) is 4.00. The van der Waals surface area contributed by atoms with Gasteiger partial charge in [0, 0.05) is 12.2 Å². The molecule has 1 aromatic carbocycles. The predicted molar refractivity (Wildman–Crippen MR) is 65.4 cm³/mol. The maximum absolute atomic E-state index is 10.7. The van der Waals surface area contributed by atoms with Crippen molar-refractivity contribution in [3.8, 4) is 0 Å². The fraction of sp³-hybridized carbons (Fsp3) is 0.300. The Morgan fingerprint density at radius 1 is 1.44 bits per heavy atom. The van der Waals surface area contributed by atoms with E-state index in [4.69, 9.17) is 28.3 Å². The van der Waals surface area contributed by atoms with Crippen LogP contribution in [0, 0.1) is 0 Å². The van der Waals surface area contributed by atoms with E-state index in [2.05, 4.69) is 10.6 Å². The molecule has 0 fully saturated rings. The third-order valence-corrected chi connectivity index (χ3v) is 2.82. The summed E-state index contributed by atoms with van der Waals surface area (Å²) >= 11 is 11.6. The monoisotopic (exact) mass is 262 g/mol. The lowest BCUT2D eigenvalue weighted by molar-refractivity contribution is -0.138. The lowest BCUT2D eigenvalue weighted by atomic mass is 10.2. The molecule has 1 rings (SSSR count). The van der Waals surface area contributed by atoms with Crippen LogP contribution in [-0.2, 0) is 4.79 Å². The summed E-state index contributed by atoms with van der Waals surface area (Å²) in [5.41, 5.74) is 0.732. The lowest BCUT2D eigenvalue weighted by Crippen LogP contribution is -2.39. The first-order valence-corrected chi connectivity index (χ1v) is 5.39. The fourth-order valence-electron chi connectivity index (χ4n) is 1.14. The topological polar surface area (TPSA) is 61.4 Å². The molecule has 6 heteroatoms. The Labute approximate surface area is 104 Å². The molecule has 0 spiro atoms. The van der Waals surface area contributed by atoms with Gasteiger partial charge < -0.3 is 15.7 Å². The van der Waals surface area contributed by atoms with Crippen molar-refractivity contribution >= 4 is 34.9 Å². The first kappa shape index (κ1) is 13.1. The number of nitrogens with one attached hydrogen (secondary N) is 2. The summed E-state index contributed by atoms with van der Waals surface area (Å²) in [5.74, 6) is -0.907. The molecule has 1 atom stereocenters. The molecular formula is C10H12Cl2N2O2. The molecule has 0 aliphatic rings. The number of carbonyl (C=O) groups is 1. The zero-order chi connectivity index (χ0) is 12.1. The van der Waals surface area contributed by atoms with Crippen molar-refractivity contribution in [2.24, 2.45) is 0 Å². The van der Waals surface area contributed by atoms with Crippen molar-refractivity contribution in [2.45, 2.75) is 6.04 Å². The molecular weight excluding hydrogens is 251 g/mol. The van der Waals surface area contributed by atoms with Crippen LogP contribution >= 0.6 is 23.2 Å². The van der Waals surface area contributed by atoms with Gasteiger partial charge in [-0.2, -0.15) is 0 Å². The number of benzene rings is 1.